The van der Waals surface area contributed by atoms with Crippen LogP contribution in [0.3, 0.4) is 0 Å². The molecule has 1 fully saturated rings. The molecule has 1 aromatic rings. The van der Waals surface area contributed by atoms with Gasteiger partial charge in [0.2, 0.25) is 0 Å². The fourth-order valence-corrected chi connectivity index (χ4v) is 2.21. The molecule has 2 heterocycles. The van der Waals surface area contributed by atoms with E-state index in [2.05, 4.69) is 9.72 Å². The zero-order valence-corrected chi connectivity index (χ0v) is 12.6. The molecule has 0 radical (unpaired) electrons. The second kappa shape index (κ2) is 7.51. The van der Waals surface area contributed by atoms with E-state index in [1.165, 1.54) is 13.2 Å². The first kappa shape index (κ1) is 18.0. The summed E-state index contributed by atoms with van der Waals surface area (Å²) in [5.41, 5.74) is 0.935. The van der Waals surface area contributed by atoms with Crippen molar-refractivity contribution in [2.75, 3.05) is 19.2 Å². The van der Waals surface area contributed by atoms with Gasteiger partial charge in [0.1, 0.15) is 18.3 Å². The maximum atomic E-state index is 12.0. The van der Waals surface area contributed by atoms with E-state index in [9.17, 15) is 19.8 Å². The minimum absolute atomic E-state index is 0.111. The van der Waals surface area contributed by atoms with Crippen LogP contribution >= 0.6 is 0 Å². The number of aliphatic hydroxyl groups is 3. The summed E-state index contributed by atoms with van der Waals surface area (Å²) in [6.07, 6.45) is -1.83. The Kier molecular flexibility index (Phi) is 5.64. The number of aliphatic hydroxyl groups excluding tert-OH is 3. The standard InChI is InChI=1S/C13H17N3O8/c1-23-8(18)3-2-6-4-16(13(21)14-11(6)15-22)12-10(20)9(19)7(5-17)24-12/h2-4,7,9-10,12,17,19-20,22H,5H2,1H3,(H,14,15,21)/t7-,9?,10?,12-/m1/s1. The highest BCUT2D eigenvalue weighted by Gasteiger charge is 2.43. The lowest BCUT2D eigenvalue weighted by Gasteiger charge is -2.18. The van der Waals surface area contributed by atoms with Gasteiger partial charge in [-0.3, -0.25) is 15.3 Å². The van der Waals surface area contributed by atoms with Crippen molar-refractivity contribution in [2.24, 2.45) is 0 Å². The topological polar surface area (TPSA) is 163 Å². The van der Waals surface area contributed by atoms with E-state index in [-0.39, 0.29) is 11.4 Å². The fourth-order valence-electron chi connectivity index (χ4n) is 2.21. The van der Waals surface area contributed by atoms with Gasteiger partial charge in [-0.1, -0.05) is 0 Å². The lowest BCUT2D eigenvalue weighted by Crippen LogP contribution is -2.36. The molecule has 4 atom stereocenters. The van der Waals surface area contributed by atoms with Gasteiger partial charge < -0.3 is 24.8 Å². The number of hydrogen-bond donors (Lipinski definition) is 5. The molecule has 0 aromatic carbocycles. The van der Waals surface area contributed by atoms with E-state index in [1.807, 2.05) is 0 Å². The Morgan fingerprint density at radius 2 is 2.21 bits per heavy atom. The Bertz CT molecular complexity index is 688. The summed E-state index contributed by atoms with van der Waals surface area (Å²) in [7, 11) is 1.18. The Morgan fingerprint density at radius 1 is 1.50 bits per heavy atom. The minimum atomic E-state index is -1.48. The molecule has 1 aliphatic rings. The van der Waals surface area contributed by atoms with Crippen LogP contribution in [0.4, 0.5) is 5.82 Å². The van der Waals surface area contributed by atoms with Crippen molar-refractivity contribution in [2.45, 2.75) is 24.5 Å². The lowest BCUT2D eigenvalue weighted by atomic mass is 10.1. The van der Waals surface area contributed by atoms with E-state index in [0.717, 1.165) is 16.8 Å². The summed E-state index contributed by atoms with van der Waals surface area (Å²) in [5, 5.41) is 37.9. The number of aromatic nitrogens is 2. The Morgan fingerprint density at radius 3 is 2.75 bits per heavy atom. The van der Waals surface area contributed by atoms with Crippen molar-refractivity contribution in [3.63, 3.8) is 0 Å². The molecule has 0 spiro atoms. The second-order valence-corrected chi connectivity index (χ2v) is 4.93. The Labute approximate surface area is 135 Å². The van der Waals surface area contributed by atoms with Crippen molar-refractivity contribution < 1.29 is 34.8 Å². The second-order valence-electron chi connectivity index (χ2n) is 4.93. The molecule has 0 saturated carbocycles. The first-order valence-electron chi connectivity index (χ1n) is 6.84. The quantitative estimate of drug-likeness (QED) is 0.226. The van der Waals surface area contributed by atoms with Gasteiger partial charge in [-0.15, -0.1) is 0 Å². The van der Waals surface area contributed by atoms with Gasteiger partial charge in [-0.05, 0) is 6.08 Å². The average molecular weight is 343 g/mol. The minimum Gasteiger partial charge on any atom is -0.466 e. The van der Waals surface area contributed by atoms with Crippen molar-refractivity contribution >= 4 is 17.9 Å². The largest absolute Gasteiger partial charge is 0.466 e. The fraction of sp³-hybridized carbons (Fsp3) is 0.462. The van der Waals surface area contributed by atoms with Crippen LogP contribution in [-0.2, 0) is 14.3 Å². The van der Waals surface area contributed by atoms with Crippen molar-refractivity contribution in [1.29, 1.82) is 0 Å². The zero-order chi connectivity index (χ0) is 17.9. The Hall–Kier alpha value is -2.31. The van der Waals surface area contributed by atoms with Crippen molar-refractivity contribution in [3.05, 3.63) is 28.3 Å². The van der Waals surface area contributed by atoms with Gasteiger partial charge in [-0.2, -0.15) is 4.98 Å². The highest BCUT2D eigenvalue weighted by Crippen LogP contribution is 2.28. The van der Waals surface area contributed by atoms with Crippen LogP contribution in [0.25, 0.3) is 6.08 Å². The number of anilines is 1. The summed E-state index contributed by atoms with van der Waals surface area (Å²) in [5.74, 6) is -0.910. The molecule has 11 heteroatoms. The predicted octanol–water partition coefficient (Wildman–Crippen LogP) is -2.16. The van der Waals surface area contributed by atoms with E-state index >= 15 is 0 Å². The number of rotatable bonds is 5. The summed E-state index contributed by atoms with van der Waals surface area (Å²) in [6.45, 7) is -0.553. The number of hydrogen-bond acceptors (Lipinski definition) is 10. The molecular weight excluding hydrogens is 326 g/mol. The predicted molar refractivity (Wildman–Crippen MR) is 78.0 cm³/mol. The molecule has 1 saturated heterocycles. The normalized spacial score (nSPS) is 26.7. The van der Waals surface area contributed by atoms with Gasteiger partial charge in [0.25, 0.3) is 0 Å². The van der Waals surface area contributed by atoms with Crippen LogP contribution in [0.2, 0.25) is 0 Å². The molecule has 5 N–H and O–H groups in total. The van der Waals surface area contributed by atoms with E-state index in [0.29, 0.717) is 0 Å². The molecule has 2 unspecified atom stereocenters. The molecule has 1 aromatic heterocycles. The number of carbonyl (C=O) groups excluding carboxylic acids is 1. The average Bonchev–Trinajstić information content (AvgIpc) is 2.87. The number of nitrogens with one attached hydrogen (secondary N) is 1. The summed E-state index contributed by atoms with van der Waals surface area (Å²) >= 11 is 0. The number of methoxy groups -OCH3 is 1. The van der Waals surface area contributed by atoms with Crippen molar-refractivity contribution in [3.8, 4) is 0 Å². The van der Waals surface area contributed by atoms with Crippen molar-refractivity contribution in [1.82, 2.24) is 9.55 Å². The number of esters is 1. The number of nitrogens with zero attached hydrogens (tertiary/aromatic N) is 2. The van der Waals surface area contributed by atoms with Gasteiger partial charge in [0, 0.05) is 17.8 Å². The smallest absolute Gasteiger partial charge is 0.351 e. The lowest BCUT2D eigenvalue weighted by molar-refractivity contribution is -0.134. The van der Waals surface area contributed by atoms with Gasteiger partial charge in [0.05, 0.1) is 13.7 Å². The highest BCUT2D eigenvalue weighted by molar-refractivity contribution is 5.87. The van der Waals surface area contributed by atoms with Crippen LogP contribution in [-0.4, -0.2) is 68.1 Å². The first-order chi connectivity index (χ1) is 11.4. The monoisotopic (exact) mass is 343 g/mol. The number of carbonyl (C=O) groups is 1. The molecular formula is C13H17N3O8. The van der Waals surface area contributed by atoms with Gasteiger partial charge in [0.15, 0.2) is 12.0 Å². The first-order valence-corrected chi connectivity index (χ1v) is 6.84. The van der Waals surface area contributed by atoms with E-state index in [4.69, 9.17) is 15.1 Å². The van der Waals surface area contributed by atoms with Crippen LogP contribution in [0.1, 0.15) is 11.8 Å². The zero-order valence-electron chi connectivity index (χ0n) is 12.6. The summed E-state index contributed by atoms with van der Waals surface area (Å²) < 4.78 is 10.6. The summed E-state index contributed by atoms with van der Waals surface area (Å²) in [6, 6.07) is 0. The molecule has 11 nitrogen and oxygen atoms in total. The maximum absolute atomic E-state index is 12.0. The molecule has 1 aliphatic heterocycles. The van der Waals surface area contributed by atoms with Crippen LogP contribution in [0.15, 0.2) is 17.1 Å². The molecule has 0 bridgehead atoms. The SMILES string of the molecule is COC(=O)C=Cc1cn([C@@H]2O[C@H](CO)C(O)C2O)c(=O)nc1NO. The maximum Gasteiger partial charge on any atom is 0.351 e. The van der Waals surface area contributed by atoms with Gasteiger partial charge >= 0.3 is 11.7 Å². The third-order valence-electron chi connectivity index (χ3n) is 3.48. The summed E-state index contributed by atoms with van der Waals surface area (Å²) in [4.78, 5) is 26.8. The molecule has 0 aliphatic carbocycles. The molecule has 24 heavy (non-hydrogen) atoms. The van der Waals surface area contributed by atoms with Crippen LogP contribution in [0, 0.1) is 0 Å². The molecule has 2 rings (SSSR count). The van der Waals surface area contributed by atoms with Gasteiger partial charge in [-0.25, -0.2) is 9.59 Å². The van der Waals surface area contributed by atoms with Crippen LogP contribution in [0.5, 0.6) is 0 Å². The van der Waals surface area contributed by atoms with E-state index in [1.54, 1.807) is 5.48 Å². The molecule has 0 amide bonds. The number of ether oxygens (including phenoxy) is 2. The molecule has 132 valence electrons. The third kappa shape index (κ3) is 3.44. The third-order valence-corrected chi connectivity index (χ3v) is 3.48. The highest BCUT2D eigenvalue weighted by atomic mass is 16.6. The Balaban J connectivity index is 2.42. The van der Waals surface area contributed by atoms with E-state index < -0.39 is 42.8 Å². The van der Waals surface area contributed by atoms with Crippen LogP contribution < -0.4 is 11.2 Å².